The highest BCUT2D eigenvalue weighted by molar-refractivity contribution is 5.78. The molecule has 0 aromatic carbocycles. The van der Waals surface area contributed by atoms with E-state index < -0.39 is 0 Å². The van der Waals surface area contributed by atoms with Crippen molar-refractivity contribution >= 4 is 11.9 Å². The maximum absolute atomic E-state index is 10.5. The smallest absolute Gasteiger partial charge is 0.231 e. The van der Waals surface area contributed by atoms with Crippen LogP contribution in [0.2, 0.25) is 0 Å². The summed E-state index contributed by atoms with van der Waals surface area (Å²) in [6.07, 6.45) is 1.28. The van der Waals surface area contributed by atoms with E-state index in [0.29, 0.717) is 0 Å². The molecule has 0 amide bonds. The zero-order valence-electron chi connectivity index (χ0n) is 4.90. The molecule has 9 heavy (non-hydrogen) atoms. The summed E-state index contributed by atoms with van der Waals surface area (Å²) in [6.45, 7) is 1.39. The summed E-state index contributed by atoms with van der Waals surface area (Å²) in [5, 5.41) is 6.82. The predicted octanol–water partition coefficient (Wildman–Crippen LogP) is -0.480. The fourth-order valence-electron chi connectivity index (χ4n) is 0.487. The molecule has 0 fully saturated rings. The average Bonchev–Trinajstić information content (AvgIpc) is 2.13. The second-order valence-corrected chi connectivity index (χ2v) is 1.58. The van der Waals surface area contributed by atoms with Crippen molar-refractivity contribution in [3.05, 3.63) is 6.33 Å². The minimum Gasteiger partial charge on any atom is -0.368 e. The Morgan fingerprint density at radius 3 is 2.78 bits per heavy atom. The van der Waals surface area contributed by atoms with Gasteiger partial charge in [0.2, 0.25) is 11.9 Å². The Bertz CT molecular complexity index is 228. The van der Waals surface area contributed by atoms with Crippen LogP contribution in [0.4, 0.5) is 5.95 Å². The predicted molar refractivity (Wildman–Crippen MR) is 30.7 cm³/mol. The highest BCUT2D eigenvalue weighted by Crippen LogP contribution is 1.92. The van der Waals surface area contributed by atoms with Crippen LogP contribution < -0.4 is 5.73 Å². The van der Waals surface area contributed by atoms with Crippen molar-refractivity contribution in [2.45, 2.75) is 6.92 Å². The van der Waals surface area contributed by atoms with E-state index in [1.54, 1.807) is 0 Å². The van der Waals surface area contributed by atoms with Gasteiger partial charge in [0.1, 0.15) is 6.33 Å². The van der Waals surface area contributed by atoms with Crippen LogP contribution in [0.1, 0.15) is 11.7 Å². The highest BCUT2D eigenvalue weighted by Gasteiger charge is 2.00. The van der Waals surface area contributed by atoms with Crippen molar-refractivity contribution in [1.82, 2.24) is 14.8 Å². The highest BCUT2D eigenvalue weighted by atomic mass is 16.2. The lowest BCUT2D eigenvalue weighted by atomic mass is 10.7. The number of rotatable bonds is 0. The summed E-state index contributed by atoms with van der Waals surface area (Å²) in [5.74, 6) is -0.0556. The van der Waals surface area contributed by atoms with Gasteiger partial charge in [0.05, 0.1) is 0 Å². The number of hydrogen-bond donors (Lipinski definition) is 1. The van der Waals surface area contributed by atoms with Crippen LogP contribution in [-0.2, 0) is 0 Å². The molecule has 0 saturated carbocycles. The van der Waals surface area contributed by atoms with Crippen LogP contribution in [0.25, 0.3) is 0 Å². The molecule has 0 spiro atoms. The number of nitrogen functional groups attached to an aromatic ring is 1. The third-order valence-electron chi connectivity index (χ3n) is 0.913. The van der Waals surface area contributed by atoms with Crippen molar-refractivity contribution in [2.24, 2.45) is 0 Å². The first-order valence-corrected chi connectivity index (χ1v) is 2.38. The molecule has 1 rings (SSSR count). The second kappa shape index (κ2) is 1.85. The normalized spacial score (nSPS) is 9.44. The van der Waals surface area contributed by atoms with Gasteiger partial charge in [0.15, 0.2) is 0 Å². The number of aromatic nitrogens is 3. The molecule has 5 heteroatoms. The van der Waals surface area contributed by atoms with Crippen LogP contribution >= 0.6 is 0 Å². The SMILES string of the molecule is CC(=O)n1cnnc1N. The summed E-state index contributed by atoms with van der Waals surface area (Å²) in [4.78, 5) is 10.5. The van der Waals surface area contributed by atoms with E-state index in [4.69, 9.17) is 5.73 Å². The van der Waals surface area contributed by atoms with Crippen molar-refractivity contribution in [2.75, 3.05) is 5.73 Å². The van der Waals surface area contributed by atoms with Crippen LogP contribution in [0.3, 0.4) is 0 Å². The second-order valence-electron chi connectivity index (χ2n) is 1.58. The van der Waals surface area contributed by atoms with Crippen LogP contribution in [0.5, 0.6) is 0 Å². The molecule has 0 aliphatic carbocycles. The molecular formula is C4H6N4O. The molecule has 2 N–H and O–H groups in total. The van der Waals surface area contributed by atoms with Gasteiger partial charge in [0, 0.05) is 6.92 Å². The quantitative estimate of drug-likeness (QED) is 0.509. The van der Waals surface area contributed by atoms with E-state index in [2.05, 4.69) is 10.2 Å². The Balaban J connectivity index is 3.08. The van der Waals surface area contributed by atoms with Crippen molar-refractivity contribution in [3.63, 3.8) is 0 Å². The van der Waals surface area contributed by atoms with Gasteiger partial charge in [-0.15, -0.1) is 10.2 Å². The number of carbonyl (C=O) groups excluding carboxylic acids is 1. The molecule has 0 aliphatic rings. The van der Waals surface area contributed by atoms with Crippen molar-refractivity contribution in [1.29, 1.82) is 0 Å². The maximum Gasteiger partial charge on any atom is 0.231 e. The minimum atomic E-state index is -0.183. The lowest BCUT2D eigenvalue weighted by Crippen LogP contribution is -2.07. The van der Waals surface area contributed by atoms with Gasteiger partial charge in [0.25, 0.3) is 0 Å². The Morgan fingerprint density at radius 2 is 2.56 bits per heavy atom. The third-order valence-corrected chi connectivity index (χ3v) is 0.913. The Hall–Kier alpha value is -1.39. The van der Waals surface area contributed by atoms with Crippen molar-refractivity contribution < 1.29 is 4.79 Å². The lowest BCUT2D eigenvalue weighted by Gasteiger charge is -1.91. The first kappa shape index (κ1) is 5.74. The molecule has 1 aromatic rings. The number of anilines is 1. The van der Waals surface area contributed by atoms with E-state index in [1.165, 1.54) is 17.8 Å². The lowest BCUT2D eigenvalue weighted by molar-refractivity contribution is 0.0938. The van der Waals surface area contributed by atoms with E-state index in [0.717, 1.165) is 0 Å². The van der Waals surface area contributed by atoms with E-state index >= 15 is 0 Å². The number of hydrogen-bond acceptors (Lipinski definition) is 4. The molecule has 0 aliphatic heterocycles. The van der Waals surface area contributed by atoms with Crippen molar-refractivity contribution in [3.8, 4) is 0 Å². The van der Waals surface area contributed by atoms with E-state index in [1.807, 2.05) is 0 Å². The average molecular weight is 126 g/mol. The largest absolute Gasteiger partial charge is 0.368 e. The monoisotopic (exact) mass is 126 g/mol. The fraction of sp³-hybridized carbons (Fsp3) is 0.250. The molecule has 0 atom stereocenters. The summed E-state index contributed by atoms with van der Waals surface area (Å²) >= 11 is 0. The van der Waals surface area contributed by atoms with Gasteiger partial charge < -0.3 is 5.73 Å². The maximum atomic E-state index is 10.5. The molecule has 1 aromatic heterocycles. The standard InChI is InChI=1S/C4H6N4O/c1-3(9)8-2-6-7-4(8)5/h2H,1H3,(H2,5,7). The zero-order chi connectivity index (χ0) is 6.85. The topological polar surface area (TPSA) is 73.8 Å². The summed E-state index contributed by atoms with van der Waals surface area (Å²) in [6, 6.07) is 0. The molecule has 0 bridgehead atoms. The summed E-state index contributed by atoms with van der Waals surface area (Å²) < 4.78 is 1.17. The number of nitrogens with zero attached hydrogens (tertiary/aromatic N) is 3. The molecule has 5 nitrogen and oxygen atoms in total. The molecule has 0 unspecified atom stereocenters. The first-order valence-electron chi connectivity index (χ1n) is 2.38. The van der Waals surface area contributed by atoms with Gasteiger partial charge in [-0.1, -0.05) is 0 Å². The molecule has 0 radical (unpaired) electrons. The molecule has 1 heterocycles. The molecule has 48 valence electrons. The van der Waals surface area contributed by atoms with Crippen LogP contribution in [0, 0.1) is 0 Å². The minimum absolute atomic E-state index is 0.127. The summed E-state index contributed by atoms with van der Waals surface area (Å²) in [5.41, 5.74) is 5.21. The summed E-state index contributed by atoms with van der Waals surface area (Å²) in [7, 11) is 0. The zero-order valence-corrected chi connectivity index (χ0v) is 4.90. The van der Waals surface area contributed by atoms with Gasteiger partial charge in [-0.05, 0) is 0 Å². The van der Waals surface area contributed by atoms with Gasteiger partial charge in [-0.2, -0.15) is 0 Å². The van der Waals surface area contributed by atoms with Gasteiger partial charge in [-0.3, -0.25) is 4.79 Å². The Kier molecular flexibility index (Phi) is 1.18. The number of nitrogens with two attached hydrogens (primary N) is 1. The molecular weight excluding hydrogens is 120 g/mol. The molecule has 0 saturated heterocycles. The Labute approximate surface area is 51.5 Å². The first-order chi connectivity index (χ1) is 4.22. The van der Waals surface area contributed by atoms with Gasteiger partial charge in [-0.25, -0.2) is 4.57 Å². The van der Waals surface area contributed by atoms with E-state index in [-0.39, 0.29) is 11.9 Å². The fourth-order valence-corrected chi connectivity index (χ4v) is 0.487. The van der Waals surface area contributed by atoms with Crippen LogP contribution in [-0.4, -0.2) is 20.7 Å². The third kappa shape index (κ3) is 0.883. The van der Waals surface area contributed by atoms with Gasteiger partial charge >= 0.3 is 0 Å². The number of carbonyl (C=O) groups is 1. The van der Waals surface area contributed by atoms with E-state index in [9.17, 15) is 4.79 Å². The van der Waals surface area contributed by atoms with Crippen LogP contribution in [0.15, 0.2) is 6.33 Å². The Morgan fingerprint density at radius 1 is 1.89 bits per heavy atom.